The molecule has 0 aliphatic carbocycles. The minimum absolute atomic E-state index is 0.0100. The summed E-state index contributed by atoms with van der Waals surface area (Å²) in [7, 11) is 0. The van der Waals surface area contributed by atoms with Crippen LogP contribution in [-0.4, -0.2) is 46.5 Å². The zero-order chi connectivity index (χ0) is 24.8. The Kier molecular flexibility index (Phi) is 6.09. The molecule has 0 radical (unpaired) electrons. The topological polar surface area (TPSA) is 58.4 Å². The maximum Gasteiger partial charge on any atom is 0.438 e. The van der Waals surface area contributed by atoms with Crippen molar-refractivity contribution in [1.29, 1.82) is 0 Å². The number of amides is 1. The molecular weight excluding hydrogens is 452 g/mol. The number of hydrogen-bond donors (Lipinski definition) is 0. The second-order valence-electron chi connectivity index (χ2n) is 8.52. The SMILES string of the molecule is Cc1cc2nc(C(F)(F)F)c(=O)n(C(C)C(=O)N3CCN(c4ccc(F)cc4)CC3)c2cc1C. The van der Waals surface area contributed by atoms with E-state index in [-0.39, 0.29) is 16.9 Å². The number of aromatic nitrogens is 2. The van der Waals surface area contributed by atoms with E-state index < -0.39 is 29.4 Å². The number of benzene rings is 2. The monoisotopic (exact) mass is 476 g/mol. The van der Waals surface area contributed by atoms with E-state index in [0.717, 1.165) is 21.4 Å². The lowest BCUT2D eigenvalue weighted by Crippen LogP contribution is -2.51. The Hall–Kier alpha value is -3.43. The summed E-state index contributed by atoms with van der Waals surface area (Å²) in [5.41, 5.74) is -0.358. The van der Waals surface area contributed by atoms with Crippen molar-refractivity contribution in [1.82, 2.24) is 14.5 Å². The van der Waals surface area contributed by atoms with Crippen molar-refractivity contribution in [2.24, 2.45) is 0 Å². The molecule has 0 bridgehead atoms. The first-order valence-corrected chi connectivity index (χ1v) is 10.9. The molecule has 0 N–H and O–H groups in total. The number of carbonyl (C=O) groups excluding carboxylic acids is 1. The molecule has 2 aromatic carbocycles. The number of hydrogen-bond acceptors (Lipinski definition) is 4. The number of aryl methyl sites for hydroxylation is 2. The smallest absolute Gasteiger partial charge is 0.368 e. The molecular formula is C24H24F4N4O2. The maximum atomic E-state index is 13.6. The lowest BCUT2D eigenvalue weighted by Gasteiger charge is -2.37. The number of halogens is 4. The van der Waals surface area contributed by atoms with Gasteiger partial charge in [0.1, 0.15) is 11.9 Å². The van der Waals surface area contributed by atoms with Gasteiger partial charge in [-0.25, -0.2) is 9.37 Å². The average molecular weight is 476 g/mol. The van der Waals surface area contributed by atoms with Gasteiger partial charge in [-0.05, 0) is 68.3 Å². The highest BCUT2D eigenvalue weighted by molar-refractivity contribution is 5.84. The Labute approximate surface area is 193 Å². The number of fused-ring (bicyclic) bond motifs is 1. The van der Waals surface area contributed by atoms with Crippen LogP contribution >= 0.6 is 0 Å². The van der Waals surface area contributed by atoms with E-state index in [1.165, 1.54) is 30.0 Å². The van der Waals surface area contributed by atoms with Crippen molar-refractivity contribution >= 4 is 22.6 Å². The Balaban J connectivity index is 1.66. The van der Waals surface area contributed by atoms with Gasteiger partial charge < -0.3 is 9.80 Å². The summed E-state index contributed by atoms with van der Waals surface area (Å²) >= 11 is 0. The zero-order valence-corrected chi connectivity index (χ0v) is 19.0. The summed E-state index contributed by atoms with van der Waals surface area (Å²) in [6.07, 6.45) is -4.95. The fraction of sp³-hybridized carbons (Fsp3) is 0.375. The van der Waals surface area contributed by atoms with Gasteiger partial charge in [0.05, 0.1) is 11.0 Å². The molecule has 1 atom stereocenters. The van der Waals surface area contributed by atoms with Crippen LogP contribution in [0, 0.1) is 19.7 Å². The Morgan fingerprint density at radius 3 is 2.18 bits per heavy atom. The highest BCUT2D eigenvalue weighted by atomic mass is 19.4. The third-order valence-corrected chi connectivity index (χ3v) is 6.30. The molecule has 1 aliphatic rings. The predicted molar refractivity (Wildman–Crippen MR) is 120 cm³/mol. The van der Waals surface area contributed by atoms with Gasteiger partial charge in [0, 0.05) is 31.9 Å². The molecule has 4 rings (SSSR count). The van der Waals surface area contributed by atoms with Gasteiger partial charge in [0.2, 0.25) is 11.6 Å². The second-order valence-corrected chi connectivity index (χ2v) is 8.52. The number of alkyl halides is 3. The van der Waals surface area contributed by atoms with Gasteiger partial charge >= 0.3 is 6.18 Å². The van der Waals surface area contributed by atoms with E-state index in [1.54, 1.807) is 32.0 Å². The molecule has 1 amide bonds. The third kappa shape index (κ3) is 4.36. The van der Waals surface area contributed by atoms with Gasteiger partial charge in [-0.2, -0.15) is 13.2 Å². The summed E-state index contributed by atoms with van der Waals surface area (Å²) in [5.74, 6) is -0.787. The molecule has 180 valence electrons. The molecule has 34 heavy (non-hydrogen) atoms. The fourth-order valence-electron chi connectivity index (χ4n) is 4.24. The van der Waals surface area contributed by atoms with Crippen molar-refractivity contribution in [3.8, 4) is 0 Å². The Bertz CT molecular complexity index is 1290. The third-order valence-electron chi connectivity index (χ3n) is 6.30. The van der Waals surface area contributed by atoms with Gasteiger partial charge in [-0.15, -0.1) is 0 Å². The van der Waals surface area contributed by atoms with E-state index in [2.05, 4.69) is 4.98 Å². The van der Waals surface area contributed by atoms with E-state index in [1.807, 2.05) is 4.90 Å². The minimum atomic E-state index is -4.95. The summed E-state index contributed by atoms with van der Waals surface area (Å²) in [6.45, 7) is 6.55. The first-order valence-electron chi connectivity index (χ1n) is 10.9. The summed E-state index contributed by atoms with van der Waals surface area (Å²) in [5, 5.41) is 0. The van der Waals surface area contributed by atoms with Crippen LogP contribution in [0.2, 0.25) is 0 Å². The van der Waals surface area contributed by atoms with Crippen LogP contribution in [0.15, 0.2) is 41.2 Å². The standard InChI is InChI=1S/C24H24F4N4O2/c1-14-12-19-20(13-15(14)2)32(23(34)21(29-19)24(26,27)28)16(3)22(33)31-10-8-30(9-11-31)18-6-4-17(25)5-7-18/h4-7,12-13,16H,8-11H2,1-3H3. The normalized spacial score (nSPS) is 15.6. The molecule has 2 heterocycles. The number of rotatable bonds is 3. The van der Waals surface area contributed by atoms with Crippen LogP contribution in [-0.2, 0) is 11.0 Å². The van der Waals surface area contributed by atoms with Crippen LogP contribution in [0.3, 0.4) is 0 Å². The van der Waals surface area contributed by atoms with E-state index in [4.69, 9.17) is 0 Å². The molecule has 0 spiro atoms. The van der Waals surface area contributed by atoms with Crippen LogP contribution in [0.25, 0.3) is 11.0 Å². The van der Waals surface area contributed by atoms with E-state index in [9.17, 15) is 27.2 Å². The Morgan fingerprint density at radius 2 is 1.59 bits per heavy atom. The maximum absolute atomic E-state index is 13.6. The van der Waals surface area contributed by atoms with Crippen molar-refractivity contribution in [3.05, 3.63) is 69.4 Å². The zero-order valence-electron chi connectivity index (χ0n) is 19.0. The fourth-order valence-corrected chi connectivity index (χ4v) is 4.24. The molecule has 3 aromatic rings. The molecule has 1 aromatic heterocycles. The Morgan fingerprint density at radius 1 is 1.00 bits per heavy atom. The molecule has 1 aliphatic heterocycles. The predicted octanol–water partition coefficient (Wildman–Crippen LogP) is 4.08. The molecule has 1 unspecified atom stereocenters. The van der Waals surface area contributed by atoms with Gasteiger partial charge in [0.15, 0.2) is 0 Å². The van der Waals surface area contributed by atoms with Gasteiger partial charge in [-0.3, -0.25) is 14.2 Å². The highest BCUT2D eigenvalue weighted by Crippen LogP contribution is 2.29. The van der Waals surface area contributed by atoms with Crippen molar-refractivity contribution in [3.63, 3.8) is 0 Å². The van der Waals surface area contributed by atoms with Crippen LogP contribution in [0.5, 0.6) is 0 Å². The number of anilines is 1. The van der Waals surface area contributed by atoms with Crippen LogP contribution in [0.4, 0.5) is 23.2 Å². The van der Waals surface area contributed by atoms with Crippen molar-refractivity contribution in [2.45, 2.75) is 33.0 Å². The van der Waals surface area contributed by atoms with E-state index in [0.29, 0.717) is 26.2 Å². The largest absolute Gasteiger partial charge is 0.438 e. The van der Waals surface area contributed by atoms with Gasteiger partial charge in [0.25, 0.3) is 5.56 Å². The molecule has 1 fully saturated rings. The van der Waals surface area contributed by atoms with Crippen LogP contribution in [0.1, 0.15) is 29.8 Å². The summed E-state index contributed by atoms with van der Waals surface area (Å²) < 4.78 is 54.9. The number of nitrogens with zero attached hydrogens (tertiary/aromatic N) is 4. The first kappa shape index (κ1) is 23.7. The van der Waals surface area contributed by atoms with Crippen LogP contribution < -0.4 is 10.5 Å². The quantitative estimate of drug-likeness (QED) is 0.535. The molecule has 1 saturated heterocycles. The average Bonchev–Trinajstić information content (AvgIpc) is 2.79. The van der Waals surface area contributed by atoms with E-state index >= 15 is 0 Å². The van der Waals surface area contributed by atoms with Crippen molar-refractivity contribution < 1.29 is 22.4 Å². The summed E-state index contributed by atoms with van der Waals surface area (Å²) in [4.78, 5) is 33.3. The molecule has 10 heteroatoms. The first-order chi connectivity index (χ1) is 16.0. The number of carbonyl (C=O) groups is 1. The summed E-state index contributed by atoms with van der Waals surface area (Å²) in [6, 6.07) is 7.96. The second kappa shape index (κ2) is 8.73. The lowest BCUT2D eigenvalue weighted by molar-refractivity contribution is -0.143. The highest BCUT2D eigenvalue weighted by Gasteiger charge is 2.39. The lowest BCUT2D eigenvalue weighted by atomic mass is 10.1. The van der Waals surface area contributed by atoms with Gasteiger partial charge in [-0.1, -0.05) is 0 Å². The molecule has 6 nitrogen and oxygen atoms in total. The molecule has 0 saturated carbocycles. The van der Waals surface area contributed by atoms with Crippen molar-refractivity contribution in [2.75, 3.05) is 31.1 Å². The minimum Gasteiger partial charge on any atom is -0.368 e. The number of piperazine rings is 1.